The second-order valence-electron chi connectivity index (χ2n) is 4.63. The fourth-order valence-corrected chi connectivity index (χ4v) is 5.11. The van der Waals surface area contributed by atoms with Gasteiger partial charge in [-0.3, -0.25) is 0 Å². The number of aliphatic hydroxyl groups is 1. The fourth-order valence-electron chi connectivity index (χ4n) is 1.43. The van der Waals surface area contributed by atoms with Crippen molar-refractivity contribution in [3.05, 3.63) is 14.7 Å². The maximum absolute atomic E-state index is 12.3. The van der Waals surface area contributed by atoms with Gasteiger partial charge < -0.3 is 10.2 Å². The van der Waals surface area contributed by atoms with Crippen molar-refractivity contribution in [3.63, 3.8) is 0 Å². The number of hydrogen-bond donors (Lipinski definition) is 2. The molecule has 0 aliphatic carbocycles. The number of sulfonamides is 1. The minimum absolute atomic E-state index is 0.0675. The molecule has 1 aromatic rings. The molecule has 0 spiro atoms. The number of carbonyl (C=O) groups is 1. The van der Waals surface area contributed by atoms with Crippen LogP contribution in [0.15, 0.2) is 14.7 Å². The normalized spacial score (nSPS) is 12.9. The summed E-state index contributed by atoms with van der Waals surface area (Å²) in [6.07, 6.45) is 0. The van der Waals surface area contributed by atoms with E-state index in [0.29, 0.717) is 0 Å². The summed E-state index contributed by atoms with van der Waals surface area (Å²) in [7, 11) is -2.51. The van der Waals surface area contributed by atoms with Crippen molar-refractivity contribution < 1.29 is 23.4 Å². The summed E-state index contributed by atoms with van der Waals surface area (Å²) in [5, 5.41) is 18.5. The SMILES string of the molecule is CN(CC(C)(C)O)S(=O)(=O)c1cc(C(=O)O)sc1Br. The molecule has 0 aliphatic rings. The molecule has 0 aliphatic heterocycles. The van der Waals surface area contributed by atoms with E-state index in [4.69, 9.17) is 5.11 Å². The topological polar surface area (TPSA) is 94.9 Å². The van der Waals surface area contributed by atoms with Gasteiger partial charge in [0.1, 0.15) is 9.77 Å². The van der Waals surface area contributed by atoms with E-state index >= 15 is 0 Å². The number of rotatable bonds is 5. The van der Waals surface area contributed by atoms with Crippen molar-refractivity contribution in [2.24, 2.45) is 0 Å². The summed E-state index contributed by atoms with van der Waals surface area (Å²) in [6.45, 7) is 2.88. The van der Waals surface area contributed by atoms with Gasteiger partial charge in [0.15, 0.2) is 0 Å². The van der Waals surface area contributed by atoms with E-state index in [0.717, 1.165) is 21.7 Å². The first-order valence-electron chi connectivity index (χ1n) is 5.16. The van der Waals surface area contributed by atoms with Crippen molar-refractivity contribution in [1.29, 1.82) is 0 Å². The zero-order chi connectivity index (χ0) is 15.0. The molecule has 108 valence electrons. The van der Waals surface area contributed by atoms with Crippen LogP contribution in [0, 0.1) is 0 Å². The minimum Gasteiger partial charge on any atom is -0.477 e. The van der Waals surface area contributed by atoms with Crippen molar-refractivity contribution in [3.8, 4) is 0 Å². The van der Waals surface area contributed by atoms with Gasteiger partial charge in [0.05, 0.1) is 9.39 Å². The first-order chi connectivity index (χ1) is 8.45. The van der Waals surface area contributed by atoms with E-state index < -0.39 is 21.6 Å². The first-order valence-corrected chi connectivity index (χ1v) is 8.21. The van der Waals surface area contributed by atoms with Crippen LogP contribution >= 0.6 is 27.3 Å². The van der Waals surface area contributed by atoms with E-state index in [-0.39, 0.29) is 20.1 Å². The number of hydrogen-bond acceptors (Lipinski definition) is 5. The average Bonchev–Trinajstić information content (AvgIpc) is 2.58. The van der Waals surface area contributed by atoms with E-state index in [1.54, 1.807) is 0 Å². The quantitative estimate of drug-likeness (QED) is 0.819. The molecule has 0 amide bonds. The van der Waals surface area contributed by atoms with Crippen LogP contribution in [0.1, 0.15) is 23.5 Å². The molecular formula is C10H14BrNO5S2. The standard InChI is InChI=1S/C10H14BrNO5S2/c1-10(2,15)5-12(3)19(16,17)7-4-6(9(13)14)18-8(7)11/h4,15H,5H2,1-3H3,(H,13,14). The van der Waals surface area contributed by atoms with Crippen LogP contribution in [0.3, 0.4) is 0 Å². The number of aromatic carboxylic acids is 1. The highest BCUT2D eigenvalue weighted by molar-refractivity contribution is 9.11. The second kappa shape index (κ2) is 5.49. The lowest BCUT2D eigenvalue weighted by Crippen LogP contribution is -2.39. The Morgan fingerprint density at radius 1 is 1.53 bits per heavy atom. The summed E-state index contributed by atoms with van der Waals surface area (Å²) < 4.78 is 25.8. The highest BCUT2D eigenvalue weighted by Crippen LogP contribution is 2.33. The first kappa shape index (κ1) is 16.6. The third-order valence-corrected chi connectivity index (χ3v) is 6.21. The van der Waals surface area contributed by atoms with Crippen LogP contribution in [-0.2, 0) is 10.0 Å². The third-order valence-electron chi connectivity index (χ3n) is 2.16. The molecule has 0 atom stereocenters. The Morgan fingerprint density at radius 2 is 2.05 bits per heavy atom. The summed E-state index contributed by atoms with van der Waals surface area (Å²) in [5.74, 6) is -1.18. The number of thiophene rings is 1. The molecule has 0 bridgehead atoms. The Morgan fingerprint density at radius 3 is 2.42 bits per heavy atom. The molecule has 9 heteroatoms. The Bertz CT molecular complexity index is 588. The molecule has 1 heterocycles. The summed E-state index contributed by atoms with van der Waals surface area (Å²) in [6, 6.07) is 1.10. The van der Waals surface area contributed by atoms with E-state index in [9.17, 15) is 18.3 Å². The monoisotopic (exact) mass is 371 g/mol. The molecule has 2 N–H and O–H groups in total. The predicted molar refractivity (Wildman–Crippen MR) is 75.1 cm³/mol. The average molecular weight is 372 g/mol. The number of nitrogens with zero attached hydrogens (tertiary/aromatic N) is 1. The Balaban J connectivity index is 3.17. The van der Waals surface area contributed by atoms with Gasteiger partial charge in [-0.25, -0.2) is 13.2 Å². The van der Waals surface area contributed by atoms with Crippen LogP contribution in [0.5, 0.6) is 0 Å². The van der Waals surface area contributed by atoms with Gasteiger partial charge in [-0.05, 0) is 35.8 Å². The van der Waals surface area contributed by atoms with Gasteiger partial charge in [-0.1, -0.05) is 0 Å². The van der Waals surface area contributed by atoms with Crippen LogP contribution in [0.25, 0.3) is 0 Å². The van der Waals surface area contributed by atoms with E-state index in [2.05, 4.69) is 15.9 Å². The Kier molecular flexibility index (Phi) is 4.79. The van der Waals surface area contributed by atoms with E-state index in [1.807, 2.05) is 0 Å². The Labute approximate surface area is 123 Å². The van der Waals surface area contributed by atoms with Gasteiger partial charge in [0.2, 0.25) is 10.0 Å². The number of halogens is 1. The van der Waals surface area contributed by atoms with Crippen molar-refractivity contribution in [1.82, 2.24) is 4.31 Å². The lowest BCUT2D eigenvalue weighted by atomic mass is 10.1. The molecule has 0 fully saturated rings. The summed E-state index contributed by atoms with van der Waals surface area (Å²) >= 11 is 3.89. The maximum atomic E-state index is 12.3. The minimum atomic E-state index is -3.84. The summed E-state index contributed by atoms with van der Waals surface area (Å²) in [4.78, 5) is 10.7. The molecule has 0 saturated heterocycles. The zero-order valence-corrected chi connectivity index (χ0v) is 13.8. The van der Waals surface area contributed by atoms with Gasteiger partial charge in [-0.15, -0.1) is 11.3 Å². The van der Waals surface area contributed by atoms with Crippen LogP contribution in [0.4, 0.5) is 0 Å². The van der Waals surface area contributed by atoms with Crippen LogP contribution in [0.2, 0.25) is 0 Å². The molecule has 19 heavy (non-hydrogen) atoms. The van der Waals surface area contributed by atoms with Gasteiger partial charge in [0, 0.05) is 13.6 Å². The molecule has 0 unspecified atom stereocenters. The molecular weight excluding hydrogens is 358 g/mol. The number of likely N-dealkylation sites (N-methyl/N-ethyl adjacent to an activating group) is 1. The van der Waals surface area contributed by atoms with Crippen molar-refractivity contribution in [2.75, 3.05) is 13.6 Å². The largest absolute Gasteiger partial charge is 0.477 e. The highest BCUT2D eigenvalue weighted by atomic mass is 79.9. The van der Waals surface area contributed by atoms with Crippen molar-refractivity contribution in [2.45, 2.75) is 24.3 Å². The number of carboxylic acids is 1. The van der Waals surface area contributed by atoms with Gasteiger partial charge in [0.25, 0.3) is 0 Å². The van der Waals surface area contributed by atoms with Gasteiger partial charge in [-0.2, -0.15) is 4.31 Å². The predicted octanol–water partition coefficient (Wildman–Crippen LogP) is 1.60. The second-order valence-corrected chi connectivity index (χ2v) is 9.01. The zero-order valence-electron chi connectivity index (χ0n) is 10.5. The molecule has 0 aromatic carbocycles. The highest BCUT2D eigenvalue weighted by Gasteiger charge is 2.30. The molecule has 1 rings (SSSR count). The summed E-state index contributed by atoms with van der Waals surface area (Å²) in [5.41, 5.74) is -1.18. The Hall–Kier alpha value is -0.480. The molecule has 0 radical (unpaired) electrons. The molecule has 6 nitrogen and oxygen atoms in total. The lowest BCUT2D eigenvalue weighted by molar-refractivity contribution is 0.0638. The van der Waals surface area contributed by atoms with Gasteiger partial charge >= 0.3 is 5.97 Å². The third kappa shape index (κ3) is 3.99. The molecule has 0 saturated carbocycles. The van der Waals surface area contributed by atoms with Crippen molar-refractivity contribution >= 4 is 43.3 Å². The molecule has 1 aromatic heterocycles. The lowest BCUT2D eigenvalue weighted by Gasteiger charge is -2.24. The van der Waals surface area contributed by atoms with E-state index in [1.165, 1.54) is 20.9 Å². The fraction of sp³-hybridized carbons (Fsp3) is 0.500. The maximum Gasteiger partial charge on any atom is 0.345 e. The van der Waals surface area contributed by atoms with Crippen LogP contribution < -0.4 is 0 Å². The number of carboxylic acid groups (broad SMARTS) is 1. The smallest absolute Gasteiger partial charge is 0.345 e. The van der Waals surface area contributed by atoms with Crippen LogP contribution in [-0.4, -0.2) is 48.1 Å².